The van der Waals surface area contributed by atoms with Crippen LogP contribution in [0.1, 0.15) is 78.6 Å². The lowest BCUT2D eigenvalue weighted by Gasteiger charge is -2.26. The molecule has 3 heteroatoms. The second-order valence-corrected chi connectivity index (χ2v) is 5.68. The Kier molecular flexibility index (Phi) is 9.75. The highest BCUT2D eigenvalue weighted by molar-refractivity contribution is 7.80. The highest BCUT2D eigenvalue weighted by atomic mass is 32.1. The van der Waals surface area contributed by atoms with Gasteiger partial charge in [-0.1, -0.05) is 64.6 Å². The van der Waals surface area contributed by atoms with Crippen molar-refractivity contribution in [1.82, 2.24) is 5.32 Å². The summed E-state index contributed by atoms with van der Waals surface area (Å²) in [6.45, 7) is 6.31. The van der Waals surface area contributed by atoms with Crippen LogP contribution in [0.25, 0.3) is 0 Å². The summed E-state index contributed by atoms with van der Waals surface area (Å²) < 4.78 is 0. The van der Waals surface area contributed by atoms with E-state index in [-0.39, 0.29) is 5.66 Å². The first-order valence-electron chi connectivity index (χ1n) is 7.11. The Morgan fingerprint density at radius 2 is 1.59 bits per heavy atom. The molecule has 0 aromatic rings. The van der Waals surface area contributed by atoms with Crippen molar-refractivity contribution in [2.75, 3.05) is 0 Å². The quantitative estimate of drug-likeness (QED) is 0.351. The second kappa shape index (κ2) is 9.84. The maximum absolute atomic E-state index is 6.00. The van der Waals surface area contributed by atoms with E-state index in [4.69, 9.17) is 18.0 Å². The normalized spacial score (nSPS) is 14.4. The summed E-state index contributed by atoms with van der Waals surface area (Å²) in [5, 5.41) is 3.23. The van der Waals surface area contributed by atoms with E-state index in [1.165, 1.54) is 44.9 Å². The van der Waals surface area contributed by atoms with Crippen molar-refractivity contribution in [3.05, 3.63) is 0 Å². The van der Waals surface area contributed by atoms with E-state index in [9.17, 15) is 0 Å². The standard InChI is InChI=1S/C14H30N2S/c1-4-6-7-8-9-10-11-12-13(17)16-14(3,15)5-2/h4-12,15H2,1-3H3,(H,16,17). The lowest BCUT2D eigenvalue weighted by Crippen LogP contribution is -2.52. The summed E-state index contributed by atoms with van der Waals surface area (Å²) in [6.07, 6.45) is 11.2. The molecule has 1 unspecified atom stereocenters. The molecule has 0 aliphatic rings. The van der Waals surface area contributed by atoms with Crippen molar-refractivity contribution in [1.29, 1.82) is 0 Å². The Labute approximate surface area is 113 Å². The Bertz CT molecular complexity index is 202. The van der Waals surface area contributed by atoms with Crippen LogP contribution in [-0.2, 0) is 0 Å². The first kappa shape index (κ1) is 16.9. The first-order chi connectivity index (χ1) is 8.02. The minimum atomic E-state index is -0.335. The monoisotopic (exact) mass is 258 g/mol. The molecule has 0 fully saturated rings. The third-order valence-corrected chi connectivity index (χ3v) is 3.47. The van der Waals surface area contributed by atoms with E-state index in [2.05, 4.69) is 19.2 Å². The smallest absolute Gasteiger partial charge is 0.0829 e. The van der Waals surface area contributed by atoms with Gasteiger partial charge in [0.1, 0.15) is 0 Å². The van der Waals surface area contributed by atoms with E-state index in [0.29, 0.717) is 0 Å². The van der Waals surface area contributed by atoms with Crippen molar-refractivity contribution in [3.63, 3.8) is 0 Å². The van der Waals surface area contributed by atoms with Crippen molar-refractivity contribution in [3.8, 4) is 0 Å². The minimum Gasteiger partial charge on any atom is -0.362 e. The molecule has 0 aromatic heterocycles. The van der Waals surface area contributed by atoms with Crippen LogP contribution < -0.4 is 11.1 Å². The predicted molar refractivity (Wildman–Crippen MR) is 81.2 cm³/mol. The van der Waals surface area contributed by atoms with E-state index < -0.39 is 0 Å². The van der Waals surface area contributed by atoms with Gasteiger partial charge in [-0.25, -0.2) is 0 Å². The Morgan fingerprint density at radius 3 is 2.12 bits per heavy atom. The van der Waals surface area contributed by atoms with Crippen molar-refractivity contribution >= 4 is 17.2 Å². The van der Waals surface area contributed by atoms with Gasteiger partial charge in [-0.2, -0.15) is 0 Å². The summed E-state index contributed by atoms with van der Waals surface area (Å²) in [4.78, 5) is 0.922. The van der Waals surface area contributed by atoms with Gasteiger partial charge in [0.25, 0.3) is 0 Å². The largest absolute Gasteiger partial charge is 0.362 e. The fourth-order valence-corrected chi connectivity index (χ4v) is 2.09. The molecule has 1 atom stereocenters. The minimum absolute atomic E-state index is 0.335. The highest BCUT2D eigenvalue weighted by Crippen LogP contribution is 2.09. The maximum Gasteiger partial charge on any atom is 0.0829 e. The van der Waals surface area contributed by atoms with Gasteiger partial charge in [0.2, 0.25) is 0 Å². The highest BCUT2D eigenvalue weighted by Gasteiger charge is 2.15. The summed E-state index contributed by atoms with van der Waals surface area (Å²) in [5.41, 5.74) is 5.67. The fourth-order valence-electron chi connectivity index (χ4n) is 1.71. The molecule has 3 N–H and O–H groups in total. The number of nitrogens with two attached hydrogens (primary N) is 1. The number of unbranched alkanes of at least 4 members (excludes halogenated alkanes) is 6. The van der Waals surface area contributed by atoms with Crippen LogP contribution in [0.3, 0.4) is 0 Å². The predicted octanol–water partition coefficient (Wildman–Crippen LogP) is 4.13. The zero-order chi connectivity index (χ0) is 13.1. The second-order valence-electron chi connectivity index (χ2n) is 5.19. The van der Waals surface area contributed by atoms with Gasteiger partial charge in [-0.15, -0.1) is 0 Å². The topological polar surface area (TPSA) is 38.0 Å². The molecular weight excluding hydrogens is 228 g/mol. The van der Waals surface area contributed by atoms with Gasteiger partial charge < -0.3 is 11.1 Å². The van der Waals surface area contributed by atoms with Crippen molar-refractivity contribution in [2.45, 2.75) is 84.2 Å². The number of thiocarbonyl (C=S) groups is 1. The molecule has 0 rings (SSSR count). The Balaban J connectivity index is 3.40. The molecular formula is C14H30N2S. The van der Waals surface area contributed by atoms with Crippen LogP contribution in [0.5, 0.6) is 0 Å². The van der Waals surface area contributed by atoms with Crippen LogP contribution in [0.2, 0.25) is 0 Å². The van der Waals surface area contributed by atoms with E-state index in [0.717, 1.165) is 17.8 Å². The van der Waals surface area contributed by atoms with Gasteiger partial charge >= 0.3 is 0 Å². The van der Waals surface area contributed by atoms with E-state index >= 15 is 0 Å². The third-order valence-electron chi connectivity index (χ3n) is 3.17. The van der Waals surface area contributed by atoms with Gasteiger partial charge in [0, 0.05) is 0 Å². The van der Waals surface area contributed by atoms with E-state index in [1.54, 1.807) is 0 Å². The summed E-state index contributed by atoms with van der Waals surface area (Å²) >= 11 is 5.30. The Hall–Kier alpha value is -0.150. The van der Waals surface area contributed by atoms with Gasteiger partial charge in [0.15, 0.2) is 0 Å². The fraction of sp³-hybridized carbons (Fsp3) is 0.929. The molecule has 0 amide bonds. The lowest BCUT2D eigenvalue weighted by molar-refractivity contribution is 0.418. The van der Waals surface area contributed by atoms with Gasteiger partial charge in [0.05, 0.1) is 10.7 Å². The number of nitrogens with one attached hydrogen (secondary N) is 1. The molecule has 0 saturated carbocycles. The van der Waals surface area contributed by atoms with E-state index in [1.807, 2.05) is 6.92 Å². The van der Waals surface area contributed by atoms with Crippen LogP contribution in [0.15, 0.2) is 0 Å². The molecule has 0 aromatic carbocycles. The zero-order valence-electron chi connectivity index (χ0n) is 11.8. The number of hydrogen-bond acceptors (Lipinski definition) is 2. The summed E-state index contributed by atoms with van der Waals surface area (Å²) in [5.74, 6) is 0. The summed E-state index contributed by atoms with van der Waals surface area (Å²) in [7, 11) is 0. The summed E-state index contributed by atoms with van der Waals surface area (Å²) in [6, 6.07) is 0. The number of hydrogen-bond donors (Lipinski definition) is 2. The molecule has 0 bridgehead atoms. The van der Waals surface area contributed by atoms with Gasteiger partial charge in [-0.3, -0.25) is 0 Å². The molecule has 0 heterocycles. The molecule has 0 saturated heterocycles. The average molecular weight is 258 g/mol. The van der Waals surface area contributed by atoms with Crippen LogP contribution in [-0.4, -0.2) is 10.7 Å². The molecule has 102 valence electrons. The zero-order valence-corrected chi connectivity index (χ0v) is 12.7. The van der Waals surface area contributed by atoms with Crippen LogP contribution in [0, 0.1) is 0 Å². The molecule has 0 aliphatic heterocycles. The Morgan fingerprint density at radius 1 is 1.06 bits per heavy atom. The molecule has 0 aliphatic carbocycles. The van der Waals surface area contributed by atoms with Gasteiger partial charge in [-0.05, 0) is 26.2 Å². The number of rotatable bonds is 10. The van der Waals surface area contributed by atoms with Crippen molar-refractivity contribution < 1.29 is 0 Å². The molecule has 0 radical (unpaired) electrons. The lowest BCUT2D eigenvalue weighted by atomic mass is 10.1. The third kappa shape index (κ3) is 10.7. The van der Waals surface area contributed by atoms with Crippen LogP contribution >= 0.6 is 12.2 Å². The molecule has 17 heavy (non-hydrogen) atoms. The maximum atomic E-state index is 6.00. The SMILES string of the molecule is CCCCCCCCCC(=S)NC(C)(N)CC. The molecule has 2 nitrogen and oxygen atoms in total. The molecule has 0 spiro atoms. The van der Waals surface area contributed by atoms with Crippen molar-refractivity contribution in [2.24, 2.45) is 5.73 Å². The first-order valence-corrected chi connectivity index (χ1v) is 7.52. The van der Waals surface area contributed by atoms with Crippen LogP contribution in [0.4, 0.5) is 0 Å². The average Bonchev–Trinajstić information content (AvgIpc) is 2.27.